The van der Waals surface area contributed by atoms with Crippen LogP contribution in [0.1, 0.15) is 32.0 Å². The van der Waals surface area contributed by atoms with E-state index in [1.807, 2.05) is 24.4 Å². The van der Waals surface area contributed by atoms with Gasteiger partial charge in [-0.25, -0.2) is 4.68 Å². The van der Waals surface area contributed by atoms with Gasteiger partial charge in [0.15, 0.2) is 8.32 Å². The fourth-order valence-electron chi connectivity index (χ4n) is 2.04. The third-order valence-electron chi connectivity index (χ3n) is 4.80. The fourth-order valence-corrected chi connectivity index (χ4v) is 3.01. The summed E-state index contributed by atoms with van der Waals surface area (Å²) in [4.78, 5) is 11.3. The van der Waals surface area contributed by atoms with E-state index in [-0.39, 0.29) is 17.4 Å². The Kier molecular flexibility index (Phi) is 5.85. The Labute approximate surface area is 151 Å². The van der Waals surface area contributed by atoms with Crippen LogP contribution in [-0.2, 0) is 27.0 Å². The average molecular weight is 361 g/mol. The lowest BCUT2D eigenvalue weighted by Gasteiger charge is -2.36. The summed E-state index contributed by atoms with van der Waals surface area (Å²) in [6.07, 6.45) is 2.03. The molecule has 0 spiro atoms. The first-order valence-electron chi connectivity index (χ1n) is 8.47. The highest BCUT2D eigenvalue weighted by Gasteiger charge is 2.36. The van der Waals surface area contributed by atoms with Crippen molar-refractivity contribution >= 4 is 14.3 Å². The zero-order chi connectivity index (χ0) is 18.7. The zero-order valence-electron chi connectivity index (χ0n) is 16.0. The number of benzene rings is 1. The lowest BCUT2D eigenvalue weighted by atomic mass is 10.2. The van der Waals surface area contributed by atoms with Gasteiger partial charge in [0, 0.05) is 6.20 Å². The number of carbonyl (C=O) groups is 1. The van der Waals surface area contributed by atoms with Gasteiger partial charge in [0.25, 0.3) is 0 Å². The molecule has 5 nitrogen and oxygen atoms in total. The second-order valence-corrected chi connectivity index (χ2v) is 12.5. The van der Waals surface area contributed by atoms with Gasteiger partial charge in [-0.15, -0.1) is 0 Å². The number of methoxy groups -OCH3 is 1. The predicted molar refractivity (Wildman–Crippen MR) is 101 cm³/mol. The Morgan fingerprint density at radius 2 is 1.80 bits per heavy atom. The van der Waals surface area contributed by atoms with E-state index in [1.165, 1.54) is 7.11 Å². The van der Waals surface area contributed by atoms with Crippen molar-refractivity contribution in [1.29, 1.82) is 0 Å². The molecule has 0 saturated heterocycles. The summed E-state index contributed by atoms with van der Waals surface area (Å²) in [5, 5.41) is 4.61. The van der Waals surface area contributed by atoms with Crippen LogP contribution in [-0.4, -0.2) is 31.2 Å². The summed E-state index contributed by atoms with van der Waals surface area (Å²) in [5.74, 6) is -0.289. The Morgan fingerprint density at radius 1 is 1.16 bits per heavy atom. The molecule has 0 N–H and O–H groups in total. The quantitative estimate of drug-likeness (QED) is 0.575. The smallest absolute Gasteiger partial charge is 0.311 e. The molecule has 0 amide bonds. The molecule has 0 atom stereocenters. The first-order chi connectivity index (χ1) is 11.6. The van der Waals surface area contributed by atoms with Gasteiger partial charge in [-0.1, -0.05) is 32.9 Å². The lowest BCUT2D eigenvalue weighted by molar-refractivity contribution is -0.139. The second kappa shape index (κ2) is 7.54. The highest BCUT2D eigenvalue weighted by atomic mass is 28.4. The summed E-state index contributed by atoms with van der Waals surface area (Å²) in [7, 11) is -0.364. The number of hydrogen-bond acceptors (Lipinski definition) is 4. The number of esters is 1. The number of ether oxygens (including phenoxy) is 1. The minimum absolute atomic E-state index is 0.182. The Hall–Kier alpha value is -1.92. The van der Waals surface area contributed by atoms with Gasteiger partial charge in [0.2, 0.25) is 0 Å². The van der Waals surface area contributed by atoms with E-state index in [2.05, 4.69) is 55.8 Å². The van der Waals surface area contributed by atoms with Crippen molar-refractivity contribution in [3.05, 3.63) is 47.8 Å². The minimum Gasteiger partial charge on any atom is -0.469 e. The largest absolute Gasteiger partial charge is 0.469 e. The van der Waals surface area contributed by atoms with Crippen LogP contribution in [0.15, 0.2) is 36.5 Å². The first kappa shape index (κ1) is 19.4. The van der Waals surface area contributed by atoms with Crippen LogP contribution < -0.4 is 0 Å². The van der Waals surface area contributed by atoms with Crippen LogP contribution in [0.2, 0.25) is 18.1 Å². The molecule has 0 aliphatic heterocycles. The van der Waals surface area contributed by atoms with E-state index in [0.29, 0.717) is 12.3 Å². The van der Waals surface area contributed by atoms with Gasteiger partial charge in [-0.05, 0) is 41.9 Å². The predicted octanol–water partition coefficient (Wildman–Crippen LogP) is 4.11. The Balaban J connectivity index is 2.02. The Bertz CT molecular complexity index is 715. The molecular weight excluding hydrogens is 332 g/mol. The second-order valence-electron chi connectivity index (χ2n) is 7.72. The molecular formula is C19H28N2O3Si. The molecule has 0 aliphatic carbocycles. The number of carbonyl (C=O) groups excluding carboxylic acids is 1. The van der Waals surface area contributed by atoms with Gasteiger partial charge < -0.3 is 9.16 Å². The molecule has 1 heterocycles. The van der Waals surface area contributed by atoms with E-state index >= 15 is 0 Å². The molecule has 0 saturated carbocycles. The van der Waals surface area contributed by atoms with Gasteiger partial charge >= 0.3 is 5.97 Å². The molecule has 136 valence electrons. The van der Waals surface area contributed by atoms with Crippen molar-refractivity contribution in [3.8, 4) is 5.69 Å². The lowest BCUT2D eigenvalue weighted by Crippen LogP contribution is -2.40. The van der Waals surface area contributed by atoms with Crippen LogP contribution in [0.4, 0.5) is 0 Å². The van der Waals surface area contributed by atoms with Crippen molar-refractivity contribution in [2.45, 2.75) is 51.9 Å². The van der Waals surface area contributed by atoms with Gasteiger partial charge in [-0.3, -0.25) is 4.79 Å². The molecule has 2 rings (SSSR count). The average Bonchev–Trinajstić information content (AvgIpc) is 3.00. The van der Waals surface area contributed by atoms with Gasteiger partial charge in [-0.2, -0.15) is 5.10 Å². The fraction of sp³-hybridized carbons (Fsp3) is 0.474. The molecule has 0 bridgehead atoms. The Morgan fingerprint density at radius 3 is 2.36 bits per heavy atom. The third-order valence-corrected chi connectivity index (χ3v) is 9.28. The maximum atomic E-state index is 11.3. The van der Waals surface area contributed by atoms with Gasteiger partial charge in [0.1, 0.15) is 0 Å². The summed E-state index contributed by atoms with van der Waals surface area (Å²) < 4.78 is 12.7. The summed E-state index contributed by atoms with van der Waals surface area (Å²) in [5.41, 5.74) is 2.79. The van der Waals surface area contributed by atoms with Crippen LogP contribution in [0, 0.1) is 0 Å². The van der Waals surface area contributed by atoms with E-state index in [4.69, 9.17) is 4.43 Å². The number of aromatic nitrogens is 2. The van der Waals surface area contributed by atoms with Crippen LogP contribution in [0.25, 0.3) is 5.69 Å². The number of rotatable bonds is 6. The van der Waals surface area contributed by atoms with E-state index in [1.54, 1.807) is 4.68 Å². The first-order valence-corrected chi connectivity index (χ1v) is 11.4. The molecule has 0 radical (unpaired) electrons. The van der Waals surface area contributed by atoms with E-state index < -0.39 is 8.32 Å². The molecule has 0 fully saturated rings. The van der Waals surface area contributed by atoms with Crippen LogP contribution >= 0.6 is 0 Å². The summed E-state index contributed by atoms with van der Waals surface area (Å²) in [6, 6.07) is 9.97. The molecule has 6 heteroatoms. The number of nitrogens with zero attached hydrogens (tertiary/aromatic N) is 2. The molecule has 1 aromatic heterocycles. The minimum atomic E-state index is -1.74. The number of hydrogen-bond donors (Lipinski definition) is 0. The summed E-state index contributed by atoms with van der Waals surface area (Å²) in [6.45, 7) is 11.9. The monoisotopic (exact) mass is 360 g/mol. The van der Waals surface area contributed by atoms with Crippen molar-refractivity contribution in [1.82, 2.24) is 9.78 Å². The van der Waals surface area contributed by atoms with Gasteiger partial charge in [0.05, 0.1) is 31.5 Å². The van der Waals surface area contributed by atoms with Crippen LogP contribution in [0.3, 0.4) is 0 Å². The maximum Gasteiger partial charge on any atom is 0.311 e. The van der Waals surface area contributed by atoms with E-state index in [9.17, 15) is 4.79 Å². The molecule has 1 aromatic carbocycles. The van der Waals surface area contributed by atoms with Crippen molar-refractivity contribution in [2.75, 3.05) is 7.11 Å². The SMILES string of the molecule is COC(=O)Cc1ccn(-c2ccc(CO[Si](C)(C)C(C)(C)C)cc2)n1. The summed E-state index contributed by atoms with van der Waals surface area (Å²) >= 11 is 0. The van der Waals surface area contributed by atoms with Crippen molar-refractivity contribution in [2.24, 2.45) is 0 Å². The van der Waals surface area contributed by atoms with Crippen LogP contribution in [0.5, 0.6) is 0 Å². The molecule has 2 aromatic rings. The third kappa shape index (κ3) is 5.03. The van der Waals surface area contributed by atoms with E-state index in [0.717, 1.165) is 11.3 Å². The molecule has 25 heavy (non-hydrogen) atoms. The highest BCUT2D eigenvalue weighted by molar-refractivity contribution is 6.74. The highest BCUT2D eigenvalue weighted by Crippen LogP contribution is 2.37. The molecule has 0 aliphatic rings. The normalized spacial score (nSPS) is 12.2. The topological polar surface area (TPSA) is 53.4 Å². The van der Waals surface area contributed by atoms with Crippen molar-refractivity contribution in [3.63, 3.8) is 0 Å². The zero-order valence-corrected chi connectivity index (χ0v) is 17.0. The standard InChI is InChI=1S/C19H28N2O3Si/c1-19(2,3)25(5,6)24-14-15-7-9-17(10-8-15)21-12-11-16(20-21)13-18(22)23-4/h7-12H,13-14H2,1-6H3. The molecule has 0 unspecified atom stereocenters. The van der Waals surface area contributed by atoms with Crippen molar-refractivity contribution < 1.29 is 14.0 Å². The maximum absolute atomic E-state index is 11.3.